The van der Waals surface area contributed by atoms with Crippen LogP contribution in [0.3, 0.4) is 0 Å². The summed E-state index contributed by atoms with van der Waals surface area (Å²) in [6.07, 6.45) is 1.90. The Kier molecular flexibility index (Phi) is 8.28. The molecule has 2 aromatic carbocycles. The lowest BCUT2D eigenvalue weighted by atomic mass is 10.0. The first-order valence-corrected chi connectivity index (χ1v) is 13.3. The summed E-state index contributed by atoms with van der Waals surface area (Å²) in [6, 6.07) is 14.0. The lowest BCUT2D eigenvalue weighted by Crippen LogP contribution is -2.43. The average Bonchev–Trinajstić information content (AvgIpc) is 2.95. The van der Waals surface area contributed by atoms with Gasteiger partial charge in [-0.15, -0.1) is 0 Å². The van der Waals surface area contributed by atoms with Crippen molar-refractivity contribution in [3.8, 4) is 11.4 Å². The number of nitrogens with zero attached hydrogens (tertiary/aromatic N) is 5. The molecule has 2 aliphatic heterocycles. The highest BCUT2D eigenvalue weighted by atomic mass is 16.5. The van der Waals surface area contributed by atoms with E-state index in [1.165, 1.54) is 0 Å². The number of likely N-dealkylation sites (tertiary alicyclic amines) is 1. The topological polar surface area (TPSA) is 125 Å². The van der Waals surface area contributed by atoms with Gasteiger partial charge in [0.25, 0.3) is 5.91 Å². The van der Waals surface area contributed by atoms with E-state index in [0.717, 1.165) is 44.6 Å². The highest BCUT2D eigenvalue weighted by molar-refractivity contribution is 6.00. The Morgan fingerprint density at radius 2 is 1.46 bits per heavy atom. The Balaban J connectivity index is 1.15. The van der Waals surface area contributed by atoms with Crippen molar-refractivity contribution in [2.24, 2.45) is 0 Å². The number of anilines is 3. The van der Waals surface area contributed by atoms with Crippen molar-refractivity contribution < 1.29 is 14.3 Å². The highest BCUT2D eigenvalue weighted by Gasteiger charge is 2.19. The summed E-state index contributed by atoms with van der Waals surface area (Å²) in [6.45, 7) is 6.62. The van der Waals surface area contributed by atoms with Crippen molar-refractivity contribution in [1.29, 1.82) is 0 Å². The molecule has 1 aromatic heterocycles. The SMILES string of the molecule is Cc1nc(-c2ccc(NC(=O)Nc3ccc(C(=O)NC4CCN(C)CC4)cc3)cc2)nc(N2CCOCC2)n1. The minimum Gasteiger partial charge on any atom is -0.378 e. The molecule has 0 unspecified atom stereocenters. The Labute approximate surface area is 228 Å². The van der Waals surface area contributed by atoms with Crippen molar-refractivity contribution >= 4 is 29.3 Å². The maximum atomic E-state index is 12.6. The molecule has 3 N–H and O–H groups in total. The quantitative estimate of drug-likeness (QED) is 0.444. The van der Waals surface area contributed by atoms with E-state index < -0.39 is 0 Å². The third kappa shape index (κ3) is 7.06. The van der Waals surface area contributed by atoms with Crippen LogP contribution in [0.2, 0.25) is 0 Å². The van der Waals surface area contributed by atoms with Crippen LogP contribution < -0.4 is 20.9 Å². The number of ether oxygens (including phenoxy) is 1. The van der Waals surface area contributed by atoms with Gasteiger partial charge in [-0.3, -0.25) is 4.79 Å². The Morgan fingerprint density at radius 1 is 0.846 bits per heavy atom. The highest BCUT2D eigenvalue weighted by Crippen LogP contribution is 2.21. The summed E-state index contributed by atoms with van der Waals surface area (Å²) in [5.41, 5.74) is 2.62. The number of hydrogen-bond donors (Lipinski definition) is 3. The molecule has 5 rings (SSSR count). The van der Waals surface area contributed by atoms with Gasteiger partial charge in [-0.25, -0.2) is 9.78 Å². The first-order valence-electron chi connectivity index (χ1n) is 13.3. The second-order valence-corrected chi connectivity index (χ2v) is 9.89. The molecule has 2 aliphatic rings. The second-order valence-electron chi connectivity index (χ2n) is 9.89. The zero-order valence-electron chi connectivity index (χ0n) is 22.3. The number of carbonyl (C=O) groups is 2. The lowest BCUT2D eigenvalue weighted by molar-refractivity contribution is 0.0917. The van der Waals surface area contributed by atoms with Gasteiger partial charge >= 0.3 is 6.03 Å². The molecule has 11 heteroatoms. The van der Waals surface area contributed by atoms with Crippen molar-refractivity contribution in [1.82, 2.24) is 25.2 Å². The summed E-state index contributed by atoms with van der Waals surface area (Å²) in [5.74, 6) is 1.78. The molecule has 204 valence electrons. The third-order valence-corrected chi connectivity index (χ3v) is 6.89. The van der Waals surface area contributed by atoms with Crippen LogP contribution in [-0.4, -0.2) is 84.3 Å². The number of benzene rings is 2. The molecule has 39 heavy (non-hydrogen) atoms. The molecule has 0 atom stereocenters. The first kappa shape index (κ1) is 26.5. The van der Waals surface area contributed by atoms with E-state index in [-0.39, 0.29) is 18.0 Å². The van der Waals surface area contributed by atoms with E-state index in [0.29, 0.717) is 47.7 Å². The van der Waals surface area contributed by atoms with Gasteiger partial charge in [0.15, 0.2) is 5.82 Å². The normalized spacial score (nSPS) is 16.5. The molecule has 0 spiro atoms. The van der Waals surface area contributed by atoms with E-state index >= 15 is 0 Å². The van der Waals surface area contributed by atoms with Gasteiger partial charge in [-0.1, -0.05) is 0 Å². The molecule has 0 aliphatic carbocycles. The number of hydrogen-bond acceptors (Lipinski definition) is 8. The maximum Gasteiger partial charge on any atom is 0.323 e. The minimum absolute atomic E-state index is 0.0916. The monoisotopic (exact) mass is 530 g/mol. The molecule has 11 nitrogen and oxygen atoms in total. The molecule has 2 fully saturated rings. The number of piperidine rings is 1. The van der Waals surface area contributed by atoms with Gasteiger partial charge in [-0.2, -0.15) is 9.97 Å². The fraction of sp³-hybridized carbons (Fsp3) is 0.393. The summed E-state index contributed by atoms with van der Waals surface area (Å²) in [4.78, 5) is 43.1. The summed E-state index contributed by atoms with van der Waals surface area (Å²) >= 11 is 0. The van der Waals surface area contributed by atoms with Crippen LogP contribution in [0, 0.1) is 6.92 Å². The number of rotatable bonds is 6. The van der Waals surface area contributed by atoms with E-state index in [4.69, 9.17) is 4.74 Å². The van der Waals surface area contributed by atoms with Crippen LogP contribution >= 0.6 is 0 Å². The number of aromatic nitrogens is 3. The number of nitrogens with one attached hydrogen (secondary N) is 3. The number of aryl methyl sites for hydroxylation is 1. The molecule has 0 saturated carbocycles. The van der Waals surface area contributed by atoms with Crippen LogP contribution in [0.25, 0.3) is 11.4 Å². The summed E-state index contributed by atoms with van der Waals surface area (Å²) in [5, 5.41) is 8.74. The average molecular weight is 531 g/mol. The molecular formula is C28H34N8O3. The largest absolute Gasteiger partial charge is 0.378 e. The van der Waals surface area contributed by atoms with Gasteiger partial charge in [-0.05, 0) is 88.4 Å². The zero-order chi connectivity index (χ0) is 27.2. The van der Waals surface area contributed by atoms with Gasteiger partial charge in [0.1, 0.15) is 5.82 Å². The molecule has 0 radical (unpaired) electrons. The number of morpholine rings is 1. The van der Waals surface area contributed by atoms with Gasteiger partial charge < -0.3 is 30.5 Å². The smallest absolute Gasteiger partial charge is 0.323 e. The van der Waals surface area contributed by atoms with Crippen molar-refractivity contribution in [2.45, 2.75) is 25.8 Å². The van der Waals surface area contributed by atoms with E-state index in [1.54, 1.807) is 36.4 Å². The van der Waals surface area contributed by atoms with Gasteiger partial charge in [0.2, 0.25) is 5.95 Å². The van der Waals surface area contributed by atoms with Crippen LogP contribution in [0.15, 0.2) is 48.5 Å². The predicted octanol–water partition coefficient (Wildman–Crippen LogP) is 3.15. The Morgan fingerprint density at radius 3 is 2.10 bits per heavy atom. The van der Waals surface area contributed by atoms with Crippen molar-refractivity contribution in [2.75, 3.05) is 62.0 Å². The molecule has 3 heterocycles. The fourth-order valence-corrected chi connectivity index (χ4v) is 4.62. The number of carbonyl (C=O) groups excluding carboxylic acids is 2. The van der Waals surface area contributed by atoms with Gasteiger partial charge in [0.05, 0.1) is 13.2 Å². The van der Waals surface area contributed by atoms with Crippen molar-refractivity contribution in [3.05, 3.63) is 59.9 Å². The molecule has 3 aromatic rings. The third-order valence-electron chi connectivity index (χ3n) is 6.89. The number of urea groups is 1. The zero-order valence-corrected chi connectivity index (χ0v) is 22.3. The van der Waals surface area contributed by atoms with Crippen LogP contribution in [0.5, 0.6) is 0 Å². The van der Waals surface area contributed by atoms with Crippen molar-refractivity contribution in [3.63, 3.8) is 0 Å². The molecule has 2 saturated heterocycles. The minimum atomic E-state index is -0.378. The van der Waals surface area contributed by atoms with E-state index in [1.807, 2.05) is 19.1 Å². The standard InChI is InChI=1S/C28H34N8O3/c1-19-29-25(34-27(30-19)36-15-17-39-18-16-36)20-3-7-22(8-4-20)32-28(38)33-23-9-5-21(6-10-23)26(37)31-24-11-13-35(2)14-12-24/h3-10,24H,11-18H2,1-2H3,(H,31,37)(H2,32,33,38). The first-order chi connectivity index (χ1) is 18.9. The number of amides is 3. The fourth-order valence-electron chi connectivity index (χ4n) is 4.62. The van der Waals surface area contributed by atoms with Crippen LogP contribution in [0.4, 0.5) is 22.1 Å². The molecule has 3 amide bonds. The lowest BCUT2D eigenvalue weighted by Gasteiger charge is -2.29. The summed E-state index contributed by atoms with van der Waals surface area (Å²) < 4.78 is 5.42. The van der Waals surface area contributed by atoms with Crippen LogP contribution in [-0.2, 0) is 4.74 Å². The molecular weight excluding hydrogens is 496 g/mol. The summed E-state index contributed by atoms with van der Waals surface area (Å²) in [7, 11) is 2.09. The van der Waals surface area contributed by atoms with Gasteiger partial charge in [0, 0.05) is 41.6 Å². The molecule has 0 bridgehead atoms. The second kappa shape index (κ2) is 12.2. The van der Waals surface area contributed by atoms with Crippen LogP contribution in [0.1, 0.15) is 29.0 Å². The Hall–Kier alpha value is -4.09. The predicted molar refractivity (Wildman–Crippen MR) is 150 cm³/mol. The van der Waals surface area contributed by atoms with E-state index in [2.05, 4.69) is 47.7 Å². The Bertz CT molecular complexity index is 1290. The maximum absolute atomic E-state index is 12.6. The van der Waals surface area contributed by atoms with E-state index in [9.17, 15) is 9.59 Å².